The predicted octanol–water partition coefficient (Wildman–Crippen LogP) is 0.400. The van der Waals surface area contributed by atoms with Gasteiger partial charge in [0.25, 0.3) is 0 Å². The van der Waals surface area contributed by atoms with E-state index in [1.165, 1.54) is 21.6 Å². The zero-order chi connectivity index (χ0) is 20.2. The van der Waals surface area contributed by atoms with Crippen molar-refractivity contribution in [3.8, 4) is 0 Å². The number of rotatable bonds is 4. The normalized spacial score (nSPS) is 21.3. The van der Waals surface area contributed by atoms with E-state index in [2.05, 4.69) is 20.1 Å². The van der Waals surface area contributed by atoms with Crippen LogP contribution in [0.25, 0.3) is 0 Å². The Kier molecular flexibility index (Phi) is 4.28. The van der Waals surface area contributed by atoms with Gasteiger partial charge in [0.05, 0.1) is 23.4 Å². The van der Waals surface area contributed by atoms with Gasteiger partial charge in [-0.2, -0.15) is 10.2 Å². The van der Waals surface area contributed by atoms with E-state index in [0.717, 1.165) is 43.2 Å². The van der Waals surface area contributed by atoms with E-state index in [1.54, 1.807) is 4.57 Å². The highest BCUT2D eigenvalue weighted by atomic mass is 32.1. The highest BCUT2D eigenvalue weighted by molar-refractivity contribution is 7.09. The standard InChI is InChI=1S/C19H23N7O2S/c1-13-21-15(10-29-13)9-26-18(28)17(27)25-12-19(5-16(25)22-26)3-4-24(11-19)8-14-6-20-23(2)7-14/h6-7,10H,3-5,8-9,11-12H2,1-2H3/t19-/m0/s1. The van der Waals surface area contributed by atoms with E-state index in [-0.39, 0.29) is 12.0 Å². The molecule has 152 valence electrons. The fourth-order valence-electron chi connectivity index (χ4n) is 4.59. The second-order valence-corrected chi connectivity index (χ2v) is 9.35. The summed E-state index contributed by atoms with van der Waals surface area (Å²) in [5, 5.41) is 11.6. The SMILES string of the molecule is Cc1nc(Cn2nc3n(c(=O)c2=O)C[C@@]2(CCN(Cc4cnn(C)c4)C2)C3)cs1. The van der Waals surface area contributed by atoms with Crippen LogP contribution in [0.1, 0.15) is 28.5 Å². The summed E-state index contributed by atoms with van der Waals surface area (Å²) in [5.41, 5.74) is 0.895. The zero-order valence-corrected chi connectivity index (χ0v) is 17.4. The van der Waals surface area contributed by atoms with Crippen LogP contribution in [0.4, 0.5) is 0 Å². The highest BCUT2D eigenvalue weighted by Gasteiger charge is 2.44. The molecule has 0 radical (unpaired) electrons. The van der Waals surface area contributed by atoms with Gasteiger partial charge in [-0.3, -0.25) is 23.7 Å². The molecule has 29 heavy (non-hydrogen) atoms. The van der Waals surface area contributed by atoms with Crippen molar-refractivity contribution < 1.29 is 0 Å². The summed E-state index contributed by atoms with van der Waals surface area (Å²) in [4.78, 5) is 32.1. The molecule has 0 bridgehead atoms. The van der Waals surface area contributed by atoms with E-state index < -0.39 is 11.1 Å². The fraction of sp³-hybridized carbons (Fsp3) is 0.526. The number of nitrogens with zero attached hydrogens (tertiary/aromatic N) is 7. The Morgan fingerprint density at radius 1 is 1.21 bits per heavy atom. The first-order chi connectivity index (χ1) is 13.9. The molecule has 0 amide bonds. The third-order valence-corrected chi connectivity index (χ3v) is 6.72. The number of aryl methyl sites for hydroxylation is 2. The quantitative estimate of drug-likeness (QED) is 0.575. The first-order valence-electron chi connectivity index (χ1n) is 9.73. The Labute approximate surface area is 171 Å². The number of likely N-dealkylation sites (tertiary alicyclic amines) is 1. The van der Waals surface area contributed by atoms with Gasteiger partial charge in [-0.1, -0.05) is 0 Å². The molecule has 0 N–H and O–H groups in total. The summed E-state index contributed by atoms with van der Waals surface area (Å²) in [6.07, 6.45) is 5.65. The lowest BCUT2D eigenvalue weighted by atomic mass is 9.86. The smallest absolute Gasteiger partial charge is 0.298 e. The van der Waals surface area contributed by atoms with Crippen LogP contribution in [0.5, 0.6) is 0 Å². The molecule has 1 saturated heterocycles. The molecule has 9 nitrogen and oxygen atoms in total. The number of fused-ring (bicyclic) bond motifs is 1. The Morgan fingerprint density at radius 3 is 2.79 bits per heavy atom. The number of aromatic nitrogens is 6. The molecule has 0 saturated carbocycles. The molecule has 0 unspecified atom stereocenters. The van der Waals surface area contributed by atoms with Crippen molar-refractivity contribution in [3.05, 3.63) is 60.6 Å². The van der Waals surface area contributed by atoms with Crippen molar-refractivity contribution >= 4 is 11.3 Å². The van der Waals surface area contributed by atoms with E-state index in [0.29, 0.717) is 12.4 Å². The van der Waals surface area contributed by atoms with Crippen LogP contribution in [0.3, 0.4) is 0 Å². The van der Waals surface area contributed by atoms with E-state index >= 15 is 0 Å². The number of hydrogen-bond acceptors (Lipinski definition) is 7. The average molecular weight is 414 g/mol. The van der Waals surface area contributed by atoms with Crippen LogP contribution in [0, 0.1) is 12.3 Å². The lowest BCUT2D eigenvalue weighted by Crippen LogP contribution is -2.43. The van der Waals surface area contributed by atoms with E-state index in [9.17, 15) is 9.59 Å². The summed E-state index contributed by atoms with van der Waals surface area (Å²) in [6.45, 7) is 5.45. The Hall–Kier alpha value is -2.59. The van der Waals surface area contributed by atoms with Crippen LogP contribution < -0.4 is 11.1 Å². The first kappa shape index (κ1) is 18.4. The largest absolute Gasteiger partial charge is 0.332 e. The molecule has 5 rings (SSSR count). The highest BCUT2D eigenvalue weighted by Crippen LogP contribution is 2.39. The minimum atomic E-state index is -0.568. The van der Waals surface area contributed by atoms with Gasteiger partial charge in [-0.25, -0.2) is 9.67 Å². The number of hydrogen-bond donors (Lipinski definition) is 0. The minimum absolute atomic E-state index is 0.0236. The Bertz CT molecular complexity index is 1190. The van der Waals surface area contributed by atoms with Crippen molar-refractivity contribution in [2.24, 2.45) is 12.5 Å². The summed E-state index contributed by atoms with van der Waals surface area (Å²) in [5.74, 6) is 0.713. The van der Waals surface area contributed by atoms with E-state index in [4.69, 9.17) is 0 Å². The van der Waals surface area contributed by atoms with Gasteiger partial charge in [0.2, 0.25) is 0 Å². The second kappa shape index (κ2) is 6.74. The molecule has 2 aliphatic rings. The topological polar surface area (TPSA) is 90.8 Å². The van der Waals surface area contributed by atoms with Crippen LogP contribution >= 0.6 is 11.3 Å². The zero-order valence-electron chi connectivity index (χ0n) is 16.5. The summed E-state index contributed by atoms with van der Waals surface area (Å²) < 4.78 is 4.69. The maximum absolute atomic E-state index is 12.7. The molecule has 3 aromatic heterocycles. The summed E-state index contributed by atoms with van der Waals surface area (Å²) in [6, 6.07) is 0. The van der Waals surface area contributed by atoms with Crippen LogP contribution in [-0.2, 0) is 33.1 Å². The molecule has 5 heterocycles. The van der Waals surface area contributed by atoms with Crippen LogP contribution in [-0.4, -0.2) is 47.1 Å². The van der Waals surface area contributed by atoms with Gasteiger partial charge < -0.3 is 0 Å². The van der Waals surface area contributed by atoms with Crippen LogP contribution in [0.2, 0.25) is 0 Å². The van der Waals surface area contributed by atoms with Gasteiger partial charge in [0.1, 0.15) is 5.82 Å². The van der Waals surface area contributed by atoms with Crippen molar-refractivity contribution in [1.82, 2.24) is 34.0 Å². The summed E-state index contributed by atoms with van der Waals surface area (Å²) >= 11 is 1.53. The Morgan fingerprint density at radius 2 is 2.07 bits per heavy atom. The van der Waals surface area contributed by atoms with Crippen molar-refractivity contribution in [2.45, 2.75) is 39.4 Å². The molecule has 1 fully saturated rings. The molecule has 1 atom stereocenters. The maximum Gasteiger partial charge on any atom is 0.332 e. The first-order valence-corrected chi connectivity index (χ1v) is 10.6. The predicted molar refractivity (Wildman–Crippen MR) is 108 cm³/mol. The molecular formula is C19H23N7O2S. The molecule has 1 spiro atoms. The minimum Gasteiger partial charge on any atom is -0.298 e. The van der Waals surface area contributed by atoms with Crippen molar-refractivity contribution in [1.29, 1.82) is 0 Å². The van der Waals surface area contributed by atoms with Crippen molar-refractivity contribution in [2.75, 3.05) is 13.1 Å². The van der Waals surface area contributed by atoms with Crippen LogP contribution in [0.15, 0.2) is 27.4 Å². The van der Waals surface area contributed by atoms with Gasteiger partial charge >= 0.3 is 11.1 Å². The molecular weight excluding hydrogens is 390 g/mol. The molecule has 10 heteroatoms. The maximum atomic E-state index is 12.7. The fourth-order valence-corrected chi connectivity index (χ4v) is 5.20. The lowest BCUT2D eigenvalue weighted by Gasteiger charge is -2.22. The third kappa shape index (κ3) is 3.36. The molecule has 0 aliphatic carbocycles. The Balaban J connectivity index is 1.37. The van der Waals surface area contributed by atoms with Gasteiger partial charge in [0.15, 0.2) is 0 Å². The van der Waals surface area contributed by atoms with Crippen molar-refractivity contribution in [3.63, 3.8) is 0 Å². The average Bonchev–Trinajstić information content (AvgIpc) is 3.44. The van der Waals surface area contributed by atoms with Gasteiger partial charge in [0, 0.05) is 55.7 Å². The monoisotopic (exact) mass is 413 g/mol. The van der Waals surface area contributed by atoms with Gasteiger partial charge in [-0.05, 0) is 19.9 Å². The molecule has 2 aliphatic heterocycles. The summed E-state index contributed by atoms with van der Waals surface area (Å²) in [7, 11) is 1.92. The lowest BCUT2D eigenvalue weighted by molar-refractivity contribution is 0.246. The number of thiazole rings is 1. The molecule has 0 aromatic carbocycles. The molecule has 3 aromatic rings. The van der Waals surface area contributed by atoms with E-state index in [1.807, 2.05) is 36.4 Å². The third-order valence-electron chi connectivity index (χ3n) is 5.90. The van der Waals surface area contributed by atoms with Gasteiger partial charge in [-0.15, -0.1) is 11.3 Å². The second-order valence-electron chi connectivity index (χ2n) is 8.29.